The molecule has 2 atom stereocenters. The quantitative estimate of drug-likeness (QED) is 0.844. The summed E-state index contributed by atoms with van der Waals surface area (Å²) in [6.07, 6.45) is 0.623. The molecule has 1 fully saturated rings. The van der Waals surface area contributed by atoms with E-state index in [9.17, 15) is 4.79 Å². The number of rotatable bonds is 5. The Bertz CT molecular complexity index is 469. The highest BCUT2D eigenvalue weighted by molar-refractivity contribution is 7.13. The fourth-order valence-electron chi connectivity index (χ4n) is 2.22. The van der Waals surface area contributed by atoms with Crippen LogP contribution in [-0.4, -0.2) is 26.2 Å². The Morgan fingerprint density at radius 1 is 1.63 bits per heavy atom. The Morgan fingerprint density at radius 2 is 2.42 bits per heavy atom. The molecule has 4 nitrogen and oxygen atoms in total. The molecule has 2 rings (SSSR count). The summed E-state index contributed by atoms with van der Waals surface area (Å²) in [5, 5.41) is 2.70. The highest BCUT2D eigenvalue weighted by Gasteiger charge is 2.35. The zero-order chi connectivity index (χ0) is 13.8. The number of hydrogen-bond donors (Lipinski definition) is 1. The van der Waals surface area contributed by atoms with Crippen LogP contribution in [0.4, 0.5) is 0 Å². The molecule has 0 saturated carbocycles. The van der Waals surface area contributed by atoms with Crippen molar-refractivity contribution in [3.05, 3.63) is 28.5 Å². The van der Waals surface area contributed by atoms with Gasteiger partial charge in [0.05, 0.1) is 17.4 Å². The molecule has 1 amide bonds. The predicted molar refractivity (Wildman–Crippen MR) is 75.8 cm³/mol. The average molecular weight is 281 g/mol. The van der Waals surface area contributed by atoms with Crippen LogP contribution in [0.3, 0.4) is 0 Å². The van der Waals surface area contributed by atoms with Crippen molar-refractivity contribution in [3.63, 3.8) is 0 Å². The molecular formula is C14H19NO3S. The van der Waals surface area contributed by atoms with E-state index in [2.05, 4.69) is 11.9 Å². The predicted octanol–water partition coefficient (Wildman–Crippen LogP) is 2.58. The lowest BCUT2D eigenvalue weighted by molar-refractivity contribution is -0.126. The van der Waals surface area contributed by atoms with Crippen molar-refractivity contribution < 1.29 is 14.3 Å². The zero-order valence-corrected chi connectivity index (χ0v) is 12.1. The van der Waals surface area contributed by atoms with Crippen LogP contribution in [0.25, 0.3) is 5.76 Å². The molecule has 0 aliphatic carbocycles. The summed E-state index contributed by atoms with van der Waals surface area (Å²) >= 11 is 1.58. The minimum Gasteiger partial charge on any atom is -0.493 e. The van der Waals surface area contributed by atoms with Gasteiger partial charge in [-0.15, -0.1) is 11.3 Å². The van der Waals surface area contributed by atoms with Gasteiger partial charge in [0.15, 0.2) is 0 Å². The van der Waals surface area contributed by atoms with Gasteiger partial charge in [-0.3, -0.25) is 4.79 Å². The third-order valence-corrected chi connectivity index (χ3v) is 4.36. The molecule has 1 aliphatic rings. The van der Waals surface area contributed by atoms with Crippen LogP contribution in [0.2, 0.25) is 0 Å². The Balaban J connectivity index is 2.13. The SMILES string of the molecule is C=C(OCC)c1ccc([C@@H]2OCC[C@H]2C(=O)NC)s1. The summed E-state index contributed by atoms with van der Waals surface area (Å²) < 4.78 is 11.1. The van der Waals surface area contributed by atoms with E-state index < -0.39 is 0 Å². The standard InChI is InChI=1S/C14H19NO3S/c1-4-17-9(2)11-5-6-12(19-11)13-10(7-8-18-13)14(16)15-3/h5-6,10,13H,2,4,7-8H2,1,3H3,(H,15,16)/t10-,13-/m1/s1. The number of carbonyl (C=O) groups excluding carboxylic acids is 1. The molecule has 1 aromatic rings. The van der Waals surface area contributed by atoms with E-state index in [-0.39, 0.29) is 17.9 Å². The fraction of sp³-hybridized carbons (Fsp3) is 0.500. The number of amides is 1. The first-order valence-electron chi connectivity index (χ1n) is 6.42. The summed E-state index contributed by atoms with van der Waals surface area (Å²) in [5.41, 5.74) is 0. The topological polar surface area (TPSA) is 47.6 Å². The van der Waals surface area contributed by atoms with Gasteiger partial charge >= 0.3 is 0 Å². The van der Waals surface area contributed by atoms with Crippen LogP contribution in [0.1, 0.15) is 29.2 Å². The Kier molecular flexibility index (Phi) is 4.61. The number of thiophene rings is 1. The first kappa shape index (κ1) is 14.1. The van der Waals surface area contributed by atoms with Crippen LogP contribution in [0.15, 0.2) is 18.7 Å². The molecule has 1 saturated heterocycles. The second kappa shape index (κ2) is 6.21. The van der Waals surface area contributed by atoms with Gasteiger partial charge in [0, 0.05) is 18.5 Å². The van der Waals surface area contributed by atoms with Gasteiger partial charge in [0.2, 0.25) is 5.91 Å². The molecule has 1 aromatic heterocycles. The van der Waals surface area contributed by atoms with Crippen LogP contribution in [-0.2, 0) is 14.3 Å². The summed E-state index contributed by atoms with van der Waals surface area (Å²) in [7, 11) is 1.66. The third-order valence-electron chi connectivity index (χ3n) is 3.18. The van der Waals surface area contributed by atoms with Gasteiger partial charge in [-0.2, -0.15) is 0 Å². The van der Waals surface area contributed by atoms with Gasteiger partial charge in [-0.1, -0.05) is 6.58 Å². The fourth-order valence-corrected chi connectivity index (χ4v) is 3.27. The molecule has 0 radical (unpaired) electrons. The van der Waals surface area contributed by atoms with Gasteiger partial charge in [-0.25, -0.2) is 0 Å². The molecule has 104 valence electrons. The molecule has 1 N–H and O–H groups in total. The monoisotopic (exact) mass is 281 g/mol. The number of nitrogens with one attached hydrogen (secondary N) is 1. The summed E-state index contributed by atoms with van der Waals surface area (Å²) in [6, 6.07) is 3.97. The number of ether oxygens (including phenoxy) is 2. The maximum atomic E-state index is 11.8. The van der Waals surface area contributed by atoms with E-state index in [4.69, 9.17) is 9.47 Å². The molecule has 1 aliphatic heterocycles. The second-order valence-corrected chi connectivity index (χ2v) is 5.47. The Morgan fingerprint density at radius 3 is 3.11 bits per heavy atom. The highest BCUT2D eigenvalue weighted by atomic mass is 32.1. The van der Waals surface area contributed by atoms with Crippen LogP contribution in [0.5, 0.6) is 0 Å². The minimum atomic E-state index is -0.145. The van der Waals surface area contributed by atoms with Crippen molar-refractivity contribution in [2.75, 3.05) is 20.3 Å². The zero-order valence-electron chi connectivity index (χ0n) is 11.3. The lowest BCUT2D eigenvalue weighted by Crippen LogP contribution is -2.28. The average Bonchev–Trinajstić information content (AvgIpc) is 3.06. The van der Waals surface area contributed by atoms with Crippen molar-refractivity contribution in [3.8, 4) is 0 Å². The van der Waals surface area contributed by atoms with Crippen LogP contribution in [0, 0.1) is 5.92 Å². The number of hydrogen-bond acceptors (Lipinski definition) is 4. The number of carbonyl (C=O) groups is 1. The molecule has 0 unspecified atom stereocenters. The first-order chi connectivity index (χ1) is 9.17. The lowest BCUT2D eigenvalue weighted by atomic mass is 9.99. The van der Waals surface area contributed by atoms with Crippen molar-refractivity contribution in [2.24, 2.45) is 5.92 Å². The molecular weight excluding hydrogens is 262 g/mol. The molecule has 0 spiro atoms. The van der Waals surface area contributed by atoms with Crippen molar-refractivity contribution in [1.29, 1.82) is 0 Å². The van der Waals surface area contributed by atoms with E-state index in [1.165, 1.54) is 0 Å². The first-order valence-corrected chi connectivity index (χ1v) is 7.24. The highest BCUT2D eigenvalue weighted by Crippen LogP contribution is 2.39. The van der Waals surface area contributed by atoms with Crippen LogP contribution >= 0.6 is 11.3 Å². The van der Waals surface area contributed by atoms with E-state index in [1.807, 2.05) is 19.1 Å². The molecule has 2 heterocycles. The van der Waals surface area contributed by atoms with Crippen LogP contribution < -0.4 is 5.32 Å². The summed E-state index contributed by atoms with van der Waals surface area (Å²) in [4.78, 5) is 13.9. The van der Waals surface area contributed by atoms with E-state index in [0.717, 1.165) is 16.2 Å². The second-order valence-electron chi connectivity index (χ2n) is 4.36. The maximum Gasteiger partial charge on any atom is 0.225 e. The molecule has 5 heteroatoms. The largest absolute Gasteiger partial charge is 0.493 e. The van der Waals surface area contributed by atoms with Gasteiger partial charge in [-0.05, 0) is 25.5 Å². The lowest BCUT2D eigenvalue weighted by Gasteiger charge is -2.15. The van der Waals surface area contributed by atoms with E-state index in [0.29, 0.717) is 19.0 Å². The van der Waals surface area contributed by atoms with Crippen molar-refractivity contribution in [2.45, 2.75) is 19.4 Å². The minimum absolute atomic E-state index is 0.0427. The Labute approximate surface area is 117 Å². The van der Waals surface area contributed by atoms with E-state index >= 15 is 0 Å². The molecule has 0 aromatic carbocycles. The van der Waals surface area contributed by atoms with Crippen molar-refractivity contribution >= 4 is 23.0 Å². The normalized spacial score (nSPS) is 22.2. The summed E-state index contributed by atoms with van der Waals surface area (Å²) in [5.74, 6) is 0.617. The van der Waals surface area contributed by atoms with Gasteiger partial charge in [0.1, 0.15) is 11.9 Å². The molecule has 19 heavy (non-hydrogen) atoms. The Hall–Kier alpha value is -1.33. The maximum absolute atomic E-state index is 11.8. The van der Waals surface area contributed by atoms with E-state index in [1.54, 1.807) is 18.4 Å². The van der Waals surface area contributed by atoms with Gasteiger partial charge < -0.3 is 14.8 Å². The summed E-state index contributed by atoms with van der Waals surface area (Å²) in [6.45, 7) is 7.06. The molecule has 0 bridgehead atoms. The smallest absolute Gasteiger partial charge is 0.225 e. The van der Waals surface area contributed by atoms with Gasteiger partial charge in [0.25, 0.3) is 0 Å². The third kappa shape index (κ3) is 2.98. The van der Waals surface area contributed by atoms with Crippen molar-refractivity contribution in [1.82, 2.24) is 5.32 Å².